The van der Waals surface area contributed by atoms with Gasteiger partial charge >= 0.3 is 0 Å². The third kappa shape index (κ3) is 5.69. The Labute approximate surface area is 140 Å². The van der Waals surface area contributed by atoms with Gasteiger partial charge in [-0.2, -0.15) is 0 Å². The molecule has 4 heteroatoms. The van der Waals surface area contributed by atoms with Crippen LogP contribution >= 0.6 is 0 Å². The molecular formula is C19H32N2O2. The molecule has 0 spiro atoms. The maximum Gasteiger partial charge on any atom is 0.257 e. The van der Waals surface area contributed by atoms with Crippen molar-refractivity contribution >= 4 is 5.91 Å². The third-order valence-electron chi connectivity index (χ3n) is 5.08. The Balaban J connectivity index is 1.64. The Morgan fingerprint density at radius 3 is 2.74 bits per heavy atom. The van der Waals surface area contributed by atoms with Gasteiger partial charge in [0.25, 0.3) is 5.91 Å². The first-order valence-electron chi connectivity index (χ1n) is 9.29. The van der Waals surface area contributed by atoms with Gasteiger partial charge in [0.2, 0.25) is 0 Å². The van der Waals surface area contributed by atoms with E-state index in [2.05, 4.69) is 19.2 Å². The molecule has 0 radical (unpaired) electrons. The summed E-state index contributed by atoms with van der Waals surface area (Å²) in [5.41, 5.74) is 0.665. The molecule has 1 amide bonds. The van der Waals surface area contributed by atoms with Crippen molar-refractivity contribution in [3.05, 3.63) is 24.2 Å². The van der Waals surface area contributed by atoms with E-state index >= 15 is 0 Å². The van der Waals surface area contributed by atoms with E-state index in [4.69, 9.17) is 4.42 Å². The van der Waals surface area contributed by atoms with Crippen LogP contribution in [0.5, 0.6) is 0 Å². The largest absolute Gasteiger partial charge is 0.472 e. The van der Waals surface area contributed by atoms with E-state index in [9.17, 15) is 4.79 Å². The molecule has 2 rings (SSSR count). The predicted molar refractivity (Wildman–Crippen MR) is 93.6 cm³/mol. The molecule has 4 nitrogen and oxygen atoms in total. The molecule has 1 aliphatic heterocycles. The van der Waals surface area contributed by atoms with Gasteiger partial charge in [0, 0.05) is 19.1 Å². The minimum atomic E-state index is 0.0998. The van der Waals surface area contributed by atoms with Gasteiger partial charge in [0.1, 0.15) is 6.26 Å². The zero-order valence-corrected chi connectivity index (χ0v) is 14.7. The summed E-state index contributed by atoms with van der Waals surface area (Å²) in [6.45, 7) is 7.37. The van der Waals surface area contributed by atoms with Crippen molar-refractivity contribution in [2.45, 2.75) is 64.8 Å². The number of rotatable bonds is 9. The zero-order chi connectivity index (χ0) is 16.5. The molecule has 1 aromatic rings. The maximum atomic E-state index is 12.3. The number of carbonyl (C=O) groups is 1. The molecule has 130 valence electrons. The fourth-order valence-electron chi connectivity index (χ4n) is 3.39. The number of hydrogen-bond donors (Lipinski definition) is 1. The summed E-state index contributed by atoms with van der Waals surface area (Å²) < 4.78 is 5.00. The first-order chi connectivity index (χ1) is 11.2. The zero-order valence-electron chi connectivity index (χ0n) is 14.7. The molecule has 0 unspecified atom stereocenters. The Morgan fingerprint density at radius 1 is 1.35 bits per heavy atom. The van der Waals surface area contributed by atoms with Crippen LogP contribution in [0.15, 0.2) is 23.0 Å². The van der Waals surface area contributed by atoms with Crippen LogP contribution in [0.3, 0.4) is 0 Å². The number of amides is 1. The highest BCUT2D eigenvalue weighted by Crippen LogP contribution is 2.17. The lowest BCUT2D eigenvalue weighted by molar-refractivity contribution is 0.0704. The van der Waals surface area contributed by atoms with Crippen LogP contribution in [0.2, 0.25) is 0 Å². The number of piperidine rings is 1. The average Bonchev–Trinajstić information content (AvgIpc) is 3.12. The van der Waals surface area contributed by atoms with E-state index < -0.39 is 0 Å². The Morgan fingerprint density at radius 2 is 2.13 bits per heavy atom. The lowest BCUT2D eigenvalue weighted by Gasteiger charge is -2.32. The van der Waals surface area contributed by atoms with E-state index in [0.29, 0.717) is 11.6 Å². The van der Waals surface area contributed by atoms with Crippen molar-refractivity contribution in [2.75, 3.05) is 19.6 Å². The summed E-state index contributed by atoms with van der Waals surface area (Å²) in [6.07, 6.45) is 11.8. The minimum absolute atomic E-state index is 0.0998. The van der Waals surface area contributed by atoms with Crippen LogP contribution in [0.4, 0.5) is 0 Å². The highest BCUT2D eigenvalue weighted by Gasteiger charge is 2.23. The van der Waals surface area contributed by atoms with Gasteiger partial charge in [-0.25, -0.2) is 0 Å². The summed E-state index contributed by atoms with van der Waals surface area (Å²) in [5, 5.41) is 3.70. The second-order valence-electron chi connectivity index (χ2n) is 6.74. The Kier molecular flexibility index (Phi) is 7.66. The monoisotopic (exact) mass is 320 g/mol. The molecule has 0 saturated carbocycles. The first-order valence-corrected chi connectivity index (χ1v) is 9.29. The number of hydrogen-bond acceptors (Lipinski definition) is 3. The molecular weight excluding hydrogens is 288 g/mol. The lowest BCUT2D eigenvalue weighted by Crippen LogP contribution is -2.45. The van der Waals surface area contributed by atoms with Gasteiger partial charge in [0.05, 0.1) is 11.8 Å². The molecule has 0 aromatic carbocycles. The molecule has 0 aliphatic carbocycles. The first kappa shape index (κ1) is 18.1. The third-order valence-corrected chi connectivity index (χ3v) is 5.08. The molecule has 23 heavy (non-hydrogen) atoms. The SMILES string of the molecule is CCCC[C@@H](CC)CCNC1CCN(C(=O)c2ccoc2)CC1. The van der Waals surface area contributed by atoms with E-state index in [0.717, 1.165) is 38.4 Å². The Hall–Kier alpha value is -1.29. The van der Waals surface area contributed by atoms with Crippen molar-refractivity contribution in [1.82, 2.24) is 10.2 Å². The topological polar surface area (TPSA) is 45.5 Å². The fourth-order valence-corrected chi connectivity index (χ4v) is 3.39. The van der Waals surface area contributed by atoms with Crippen LogP contribution < -0.4 is 5.32 Å². The smallest absolute Gasteiger partial charge is 0.257 e. The molecule has 1 fully saturated rings. The summed E-state index contributed by atoms with van der Waals surface area (Å²) in [4.78, 5) is 14.2. The van der Waals surface area contributed by atoms with E-state index in [1.54, 1.807) is 12.3 Å². The van der Waals surface area contributed by atoms with E-state index in [1.165, 1.54) is 38.4 Å². The highest BCUT2D eigenvalue weighted by molar-refractivity contribution is 5.93. The summed E-state index contributed by atoms with van der Waals surface area (Å²) >= 11 is 0. The summed E-state index contributed by atoms with van der Waals surface area (Å²) in [6, 6.07) is 2.31. The summed E-state index contributed by atoms with van der Waals surface area (Å²) in [7, 11) is 0. The van der Waals surface area contributed by atoms with Gasteiger partial charge < -0.3 is 14.6 Å². The maximum absolute atomic E-state index is 12.3. The van der Waals surface area contributed by atoms with Crippen molar-refractivity contribution in [1.29, 1.82) is 0 Å². The summed E-state index contributed by atoms with van der Waals surface area (Å²) in [5.74, 6) is 0.966. The minimum Gasteiger partial charge on any atom is -0.472 e. The molecule has 1 aromatic heterocycles. The van der Waals surface area contributed by atoms with Crippen LogP contribution in [0.25, 0.3) is 0 Å². The second kappa shape index (κ2) is 9.76. The van der Waals surface area contributed by atoms with Gasteiger partial charge in [-0.1, -0.05) is 39.5 Å². The van der Waals surface area contributed by atoms with Crippen LogP contribution in [0.1, 0.15) is 69.2 Å². The van der Waals surface area contributed by atoms with Gasteiger partial charge in [-0.3, -0.25) is 4.79 Å². The van der Waals surface area contributed by atoms with Crippen LogP contribution in [0, 0.1) is 5.92 Å². The number of unbranched alkanes of at least 4 members (excludes halogenated alkanes) is 1. The van der Waals surface area contributed by atoms with Crippen molar-refractivity contribution in [3.8, 4) is 0 Å². The van der Waals surface area contributed by atoms with Crippen molar-refractivity contribution in [2.24, 2.45) is 5.92 Å². The molecule has 1 N–H and O–H groups in total. The normalized spacial score (nSPS) is 17.4. The van der Waals surface area contributed by atoms with Crippen molar-refractivity contribution in [3.63, 3.8) is 0 Å². The predicted octanol–water partition coefficient (Wildman–Crippen LogP) is 4.08. The van der Waals surface area contributed by atoms with E-state index in [1.807, 2.05) is 4.90 Å². The number of furan rings is 1. The quantitative estimate of drug-likeness (QED) is 0.745. The molecule has 1 saturated heterocycles. The number of nitrogens with one attached hydrogen (secondary N) is 1. The fraction of sp³-hybridized carbons (Fsp3) is 0.737. The molecule has 2 heterocycles. The second-order valence-corrected chi connectivity index (χ2v) is 6.74. The van der Waals surface area contributed by atoms with Crippen molar-refractivity contribution < 1.29 is 9.21 Å². The Bertz CT molecular complexity index is 436. The molecule has 1 aliphatic rings. The van der Waals surface area contributed by atoms with Gasteiger partial charge in [-0.15, -0.1) is 0 Å². The number of carbonyl (C=O) groups excluding carboxylic acids is 1. The average molecular weight is 320 g/mol. The van der Waals surface area contributed by atoms with Crippen LogP contribution in [-0.4, -0.2) is 36.5 Å². The van der Waals surface area contributed by atoms with E-state index in [-0.39, 0.29) is 5.91 Å². The van der Waals surface area contributed by atoms with Crippen LogP contribution in [-0.2, 0) is 0 Å². The lowest BCUT2D eigenvalue weighted by atomic mass is 9.95. The molecule has 1 atom stereocenters. The highest BCUT2D eigenvalue weighted by atomic mass is 16.3. The molecule has 0 bridgehead atoms. The van der Waals surface area contributed by atoms with Gasteiger partial charge in [0.15, 0.2) is 0 Å². The standard InChI is InChI=1S/C19H32N2O2/c1-3-5-6-16(4-2)7-11-20-18-8-12-21(13-9-18)19(22)17-10-14-23-15-17/h10,14-16,18,20H,3-9,11-13H2,1-2H3/t16-/m1/s1. The number of nitrogens with zero attached hydrogens (tertiary/aromatic N) is 1. The number of likely N-dealkylation sites (tertiary alicyclic amines) is 1. The van der Waals surface area contributed by atoms with Gasteiger partial charge in [-0.05, 0) is 37.8 Å².